The molecule has 1 N–H and O–H groups in total. The van der Waals surface area contributed by atoms with E-state index >= 15 is 0 Å². The van der Waals surface area contributed by atoms with E-state index in [4.69, 9.17) is 8.83 Å². The number of thioether (sulfide) groups is 1. The average molecular weight is 237 g/mol. The van der Waals surface area contributed by atoms with Gasteiger partial charge >= 0.3 is 0 Å². The van der Waals surface area contributed by atoms with Crippen LogP contribution in [0.25, 0.3) is 0 Å². The summed E-state index contributed by atoms with van der Waals surface area (Å²) in [6, 6.07) is 6.01. The molecule has 0 atom stereocenters. The molecule has 0 aromatic carbocycles. The maximum atomic E-state index is 5.64. The highest BCUT2D eigenvalue weighted by Gasteiger charge is 2.01. The van der Waals surface area contributed by atoms with E-state index in [0.29, 0.717) is 0 Å². The topological polar surface area (TPSA) is 38.3 Å². The molecule has 0 saturated carbocycles. The van der Waals surface area contributed by atoms with Crippen LogP contribution in [0.1, 0.15) is 17.1 Å². The Balaban J connectivity index is 1.76. The van der Waals surface area contributed by atoms with Crippen LogP contribution < -0.4 is 5.32 Å². The van der Waals surface area contributed by atoms with Crippen LogP contribution in [0.15, 0.2) is 39.6 Å². The molecule has 0 amide bonds. The van der Waals surface area contributed by atoms with E-state index < -0.39 is 0 Å². The highest BCUT2D eigenvalue weighted by Crippen LogP contribution is 2.13. The molecular formula is C12H15NO2S. The summed E-state index contributed by atoms with van der Waals surface area (Å²) in [6.45, 7) is 1.55. The quantitative estimate of drug-likeness (QED) is 0.838. The third kappa shape index (κ3) is 3.18. The Hall–Kier alpha value is -1.13. The Labute approximate surface area is 99.2 Å². The van der Waals surface area contributed by atoms with Crippen molar-refractivity contribution in [2.75, 3.05) is 6.26 Å². The van der Waals surface area contributed by atoms with E-state index in [-0.39, 0.29) is 0 Å². The van der Waals surface area contributed by atoms with Crippen LogP contribution >= 0.6 is 11.8 Å². The van der Waals surface area contributed by atoms with Gasteiger partial charge in [-0.2, -0.15) is 11.8 Å². The normalized spacial score (nSPS) is 10.8. The fourth-order valence-corrected chi connectivity index (χ4v) is 1.90. The van der Waals surface area contributed by atoms with Gasteiger partial charge in [0.1, 0.15) is 11.5 Å². The third-order valence-corrected chi connectivity index (χ3v) is 2.79. The Morgan fingerprint density at radius 3 is 2.81 bits per heavy atom. The van der Waals surface area contributed by atoms with Gasteiger partial charge in [0.25, 0.3) is 0 Å². The highest BCUT2D eigenvalue weighted by molar-refractivity contribution is 7.97. The molecule has 0 radical (unpaired) electrons. The second-order valence-corrected chi connectivity index (χ2v) is 4.40. The number of furan rings is 2. The summed E-state index contributed by atoms with van der Waals surface area (Å²) in [5.74, 6) is 2.95. The fraction of sp³-hybridized carbons (Fsp3) is 0.333. The minimum Gasteiger partial charge on any atom is -0.472 e. The number of rotatable bonds is 6. The monoisotopic (exact) mass is 237 g/mol. The molecular weight excluding hydrogens is 222 g/mol. The molecule has 16 heavy (non-hydrogen) atoms. The van der Waals surface area contributed by atoms with Crippen LogP contribution in [0.3, 0.4) is 0 Å². The van der Waals surface area contributed by atoms with Crippen molar-refractivity contribution in [2.45, 2.75) is 18.8 Å². The zero-order valence-corrected chi connectivity index (χ0v) is 10.0. The van der Waals surface area contributed by atoms with E-state index in [9.17, 15) is 0 Å². The third-order valence-electron chi connectivity index (χ3n) is 2.21. The minimum atomic E-state index is 0.750. The van der Waals surface area contributed by atoms with Crippen LogP contribution in [0, 0.1) is 0 Å². The molecule has 0 unspecified atom stereocenters. The smallest absolute Gasteiger partial charge is 0.118 e. The van der Waals surface area contributed by atoms with Gasteiger partial charge in [-0.05, 0) is 24.5 Å². The first-order chi connectivity index (χ1) is 7.88. The van der Waals surface area contributed by atoms with Gasteiger partial charge in [0.05, 0.1) is 24.8 Å². The molecule has 0 fully saturated rings. The lowest BCUT2D eigenvalue weighted by atomic mass is 10.3. The van der Waals surface area contributed by atoms with Crippen molar-refractivity contribution in [3.8, 4) is 0 Å². The Morgan fingerprint density at radius 2 is 2.06 bits per heavy atom. The molecule has 2 aromatic heterocycles. The molecule has 2 rings (SSSR count). The number of hydrogen-bond acceptors (Lipinski definition) is 4. The summed E-state index contributed by atoms with van der Waals surface area (Å²) in [5.41, 5.74) is 1.15. The van der Waals surface area contributed by atoms with Crippen molar-refractivity contribution in [2.24, 2.45) is 0 Å². The van der Waals surface area contributed by atoms with Gasteiger partial charge in [0.15, 0.2) is 0 Å². The Kier molecular flexibility index (Phi) is 4.13. The molecule has 0 bridgehead atoms. The van der Waals surface area contributed by atoms with E-state index in [1.807, 2.05) is 18.2 Å². The summed E-state index contributed by atoms with van der Waals surface area (Å²) >= 11 is 1.76. The first kappa shape index (κ1) is 11.4. The summed E-state index contributed by atoms with van der Waals surface area (Å²) in [7, 11) is 0. The Bertz CT molecular complexity index is 408. The fourth-order valence-electron chi connectivity index (χ4n) is 1.46. The molecule has 0 saturated heterocycles. The molecule has 0 aliphatic heterocycles. The van der Waals surface area contributed by atoms with Crippen LogP contribution in [-0.4, -0.2) is 6.26 Å². The van der Waals surface area contributed by atoms with E-state index in [2.05, 4.69) is 11.6 Å². The standard InChI is InChI=1S/C12H15NO2S/c1-16-9-12-3-2-11(15-12)7-13-6-10-4-5-14-8-10/h2-5,8,13H,6-7,9H2,1H3. The Morgan fingerprint density at radius 1 is 1.19 bits per heavy atom. The molecule has 3 nitrogen and oxygen atoms in total. The molecule has 0 aliphatic carbocycles. The summed E-state index contributed by atoms with van der Waals surface area (Å²) in [4.78, 5) is 0. The molecule has 0 aliphatic rings. The summed E-state index contributed by atoms with van der Waals surface area (Å²) < 4.78 is 10.6. The van der Waals surface area contributed by atoms with Gasteiger partial charge in [0, 0.05) is 12.1 Å². The first-order valence-electron chi connectivity index (χ1n) is 5.17. The van der Waals surface area contributed by atoms with Crippen LogP contribution in [-0.2, 0) is 18.8 Å². The minimum absolute atomic E-state index is 0.750. The molecule has 0 spiro atoms. The SMILES string of the molecule is CSCc1ccc(CNCc2ccoc2)o1. The number of nitrogens with one attached hydrogen (secondary N) is 1. The van der Waals surface area contributed by atoms with Crippen LogP contribution in [0.5, 0.6) is 0 Å². The lowest BCUT2D eigenvalue weighted by molar-refractivity contribution is 0.458. The van der Waals surface area contributed by atoms with E-state index in [0.717, 1.165) is 35.9 Å². The van der Waals surface area contributed by atoms with Gasteiger partial charge in [-0.3, -0.25) is 0 Å². The van der Waals surface area contributed by atoms with Crippen LogP contribution in [0.4, 0.5) is 0 Å². The summed E-state index contributed by atoms with van der Waals surface area (Å²) in [5, 5.41) is 3.30. The van der Waals surface area contributed by atoms with E-state index in [1.165, 1.54) is 0 Å². The van der Waals surface area contributed by atoms with Crippen molar-refractivity contribution in [3.05, 3.63) is 47.8 Å². The van der Waals surface area contributed by atoms with Crippen molar-refractivity contribution >= 4 is 11.8 Å². The molecule has 86 valence electrons. The van der Waals surface area contributed by atoms with Crippen molar-refractivity contribution in [1.29, 1.82) is 0 Å². The second-order valence-electron chi connectivity index (χ2n) is 3.54. The first-order valence-corrected chi connectivity index (χ1v) is 6.56. The van der Waals surface area contributed by atoms with Crippen LogP contribution in [0.2, 0.25) is 0 Å². The van der Waals surface area contributed by atoms with Gasteiger partial charge in [0.2, 0.25) is 0 Å². The van der Waals surface area contributed by atoms with Crippen molar-refractivity contribution in [1.82, 2.24) is 5.32 Å². The van der Waals surface area contributed by atoms with Gasteiger partial charge in [-0.25, -0.2) is 0 Å². The predicted octanol–water partition coefficient (Wildman–Crippen LogP) is 3.03. The van der Waals surface area contributed by atoms with E-state index in [1.54, 1.807) is 24.3 Å². The number of hydrogen-bond donors (Lipinski definition) is 1. The zero-order chi connectivity index (χ0) is 11.2. The molecule has 2 heterocycles. The lowest BCUT2D eigenvalue weighted by Gasteiger charge is -1.99. The lowest BCUT2D eigenvalue weighted by Crippen LogP contribution is -2.11. The van der Waals surface area contributed by atoms with Crippen molar-refractivity contribution in [3.63, 3.8) is 0 Å². The maximum absolute atomic E-state index is 5.64. The van der Waals surface area contributed by atoms with Crippen molar-refractivity contribution < 1.29 is 8.83 Å². The van der Waals surface area contributed by atoms with Gasteiger partial charge < -0.3 is 14.2 Å². The predicted molar refractivity (Wildman–Crippen MR) is 65.2 cm³/mol. The largest absolute Gasteiger partial charge is 0.472 e. The zero-order valence-electron chi connectivity index (χ0n) is 9.23. The van der Waals surface area contributed by atoms with Gasteiger partial charge in [-0.15, -0.1) is 0 Å². The highest BCUT2D eigenvalue weighted by atomic mass is 32.2. The second kappa shape index (κ2) is 5.82. The average Bonchev–Trinajstić information content (AvgIpc) is 2.90. The molecule has 2 aromatic rings. The maximum Gasteiger partial charge on any atom is 0.118 e. The van der Waals surface area contributed by atoms with Gasteiger partial charge in [-0.1, -0.05) is 0 Å². The molecule has 4 heteroatoms. The summed E-state index contributed by atoms with van der Waals surface area (Å²) in [6.07, 6.45) is 5.49.